The Hall–Kier alpha value is -2.58. The van der Waals surface area contributed by atoms with Crippen molar-refractivity contribution >= 4 is 5.91 Å². The van der Waals surface area contributed by atoms with Crippen LogP contribution in [0.3, 0.4) is 0 Å². The molecule has 1 amide bonds. The zero-order valence-corrected chi connectivity index (χ0v) is 12.1. The lowest BCUT2D eigenvalue weighted by atomic mass is 10.1. The third kappa shape index (κ3) is 3.94. The normalized spacial score (nSPS) is 9.86. The predicted molar refractivity (Wildman–Crippen MR) is 79.5 cm³/mol. The number of rotatable bonds is 3. The van der Waals surface area contributed by atoms with Gasteiger partial charge in [-0.15, -0.1) is 0 Å². The van der Waals surface area contributed by atoms with Crippen molar-refractivity contribution in [3.05, 3.63) is 52.7 Å². The Labute approximate surface area is 123 Å². The molecule has 0 aliphatic rings. The monoisotopic (exact) mass is 283 g/mol. The number of nitrogens with one attached hydrogen (secondary N) is 1. The highest BCUT2D eigenvalue weighted by atomic mass is 16.4. The molecule has 0 aliphatic heterocycles. The zero-order chi connectivity index (χ0) is 15.2. The van der Waals surface area contributed by atoms with E-state index in [1.165, 1.54) is 0 Å². The van der Waals surface area contributed by atoms with Crippen molar-refractivity contribution in [3.63, 3.8) is 0 Å². The van der Waals surface area contributed by atoms with Crippen LogP contribution in [0, 0.1) is 25.7 Å². The minimum absolute atomic E-state index is 0.256. The van der Waals surface area contributed by atoms with E-state index in [4.69, 9.17) is 10.2 Å². The fraction of sp³-hybridized carbons (Fsp3) is 0.250. The van der Waals surface area contributed by atoms with Gasteiger partial charge in [0.1, 0.15) is 0 Å². The quantitative estimate of drug-likeness (QED) is 0.837. The molecule has 0 radical (unpaired) electrons. The number of nitrogens with zero attached hydrogens (tertiary/aromatic N) is 1. The molecule has 2 aromatic rings. The number of benzene rings is 1. The van der Waals surface area contributed by atoms with Crippen molar-refractivity contribution < 1.29 is 9.21 Å². The summed E-state index contributed by atoms with van der Waals surface area (Å²) in [6.07, 6.45) is 0. The summed E-state index contributed by atoms with van der Waals surface area (Å²) in [5, 5.41) is 2.81. The first-order chi connectivity index (χ1) is 10.1. The topological polar surface area (TPSA) is 81.2 Å². The third-order valence-corrected chi connectivity index (χ3v) is 2.82. The summed E-state index contributed by atoms with van der Waals surface area (Å²) in [4.78, 5) is 16.1. The van der Waals surface area contributed by atoms with Crippen LogP contribution >= 0.6 is 0 Å². The van der Waals surface area contributed by atoms with Crippen LogP contribution in [0.15, 0.2) is 28.7 Å². The van der Waals surface area contributed by atoms with Crippen LogP contribution in [0.25, 0.3) is 0 Å². The largest absolute Gasteiger partial charge is 0.436 e. The molecule has 0 spiro atoms. The number of carbonyl (C=O) groups is 1. The molecule has 1 aromatic heterocycles. The van der Waals surface area contributed by atoms with Gasteiger partial charge in [-0.25, -0.2) is 4.98 Å². The molecule has 2 rings (SSSR count). The van der Waals surface area contributed by atoms with Gasteiger partial charge in [-0.2, -0.15) is 0 Å². The van der Waals surface area contributed by atoms with Crippen LogP contribution < -0.4 is 11.1 Å². The van der Waals surface area contributed by atoms with Gasteiger partial charge in [-0.05, 0) is 24.6 Å². The van der Waals surface area contributed by atoms with Gasteiger partial charge in [0.05, 0.1) is 12.2 Å². The lowest BCUT2D eigenvalue weighted by Crippen LogP contribution is -2.23. The van der Waals surface area contributed by atoms with Crippen molar-refractivity contribution in [1.82, 2.24) is 10.3 Å². The number of amides is 1. The Balaban J connectivity index is 2.03. The van der Waals surface area contributed by atoms with Gasteiger partial charge in [0.2, 0.25) is 5.76 Å². The van der Waals surface area contributed by atoms with E-state index in [-0.39, 0.29) is 11.7 Å². The Bertz CT molecular complexity index is 708. The van der Waals surface area contributed by atoms with Crippen LogP contribution in [0.2, 0.25) is 0 Å². The average molecular weight is 283 g/mol. The van der Waals surface area contributed by atoms with Crippen molar-refractivity contribution in [2.75, 3.05) is 6.54 Å². The van der Waals surface area contributed by atoms with Crippen LogP contribution in [0.4, 0.5) is 0 Å². The maximum Gasteiger partial charge on any atom is 0.289 e. The molecule has 108 valence electrons. The molecule has 0 atom stereocenters. The fourth-order valence-electron chi connectivity index (χ4n) is 1.92. The number of aryl methyl sites for hydroxylation is 2. The lowest BCUT2D eigenvalue weighted by molar-refractivity contribution is 0.0921. The van der Waals surface area contributed by atoms with Gasteiger partial charge < -0.3 is 15.5 Å². The molecule has 1 heterocycles. The second kappa shape index (κ2) is 6.73. The van der Waals surface area contributed by atoms with Crippen molar-refractivity contribution in [2.24, 2.45) is 5.73 Å². The number of oxazole rings is 1. The number of hydrogen-bond donors (Lipinski definition) is 2. The number of hydrogen-bond acceptors (Lipinski definition) is 4. The molecule has 3 N–H and O–H groups in total. The minimum Gasteiger partial charge on any atom is -0.436 e. The van der Waals surface area contributed by atoms with E-state index in [9.17, 15) is 4.79 Å². The molecule has 0 fully saturated rings. The Morgan fingerprint density at radius 1 is 1.43 bits per heavy atom. The highest BCUT2D eigenvalue weighted by Crippen LogP contribution is 2.10. The molecule has 21 heavy (non-hydrogen) atoms. The third-order valence-electron chi connectivity index (χ3n) is 2.82. The number of nitrogens with two attached hydrogens (primary N) is 1. The smallest absolute Gasteiger partial charge is 0.289 e. The first kappa shape index (κ1) is 14.8. The number of carbonyl (C=O) groups excluding carboxylic acids is 1. The summed E-state index contributed by atoms with van der Waals surface area (Å²) in [5.41, 5.74) is 7.77. The first-order valence-electron chi connectivity index (χ1n) is 6.60. The predicted octanol–water partition coefficient (Wildman–Crippen LogP) is 1.53. The summed E-state index contributed by atoms with van der Waals surface area (Å²) >= 11 is 0. The molecular weight excluding hydrogens is 266 g/mol. The molecule has 5 heteroatoms. The highest BCUT2D eigenvalue weighted by Gasteiger charge is 2.15. The van der Waals surface area contributed by atoms with Crippen LogP contribution in [0.1, 0.15) is 33.3 Å². The summed E-state index contributed by atoms with van der Waals surface area (Å²) in [6, 6.07) is 7.64. The van der Waals surface area contributed by atoms with Gasteiger partial charge in [0.25, 0.3) is 5.91 Å². The van der Waals surface area contributed by atoms with E-state index in [1.807, 2.05) is 24.3 Å². The van der Waals surface area contributed by atoms with E-state index >= 15 is 0 Å². The number of aromatic nitrogens is 1. The van der Waals surface area contributed by atoms with Crippen LogP contribution in [0.5, 0.6) is 0 Å². The van der Waals surface area contributed by atoms with Crippen molar-refractivity contribution in [3.8, 4) is 11.8 Å². The Kier molecular flexibility index (Phi) is 4.75. The van der Waals surface area contributed by atoms with E-state index in [0.29, 0.717) is 24.7 Å². The fourth-order valence-corrected chi connectivity index (χ4v) is 1.92. The maximum atomic E-state index is 12.0. The minimum atomic E-state index is -0.272. The van der Waals surface area contributed by atoms with Crippen LogP contribution in [-0.2, 0) is 6.54 Å². The molecular formula is C16H17N3O2. The lowest BCUT2D eigenvalue weighted by Gasteiger charge is -2.04. The Morgan fingerprint density at radius 2 is 2.24 bits per heavy atom. The van der Waals surface area contributed by atoms with Gasteiger partial charge in [-0.1, -0.05) is 24.0 Å². The van der Waals surface area contributed by atoms with E-state index in [0.717, 1.165) is 11.1 Å². The zero-order valence-electron chi connectivity index (χ0n) is 12.1. The van der Waals surface area contributed by atoms with Gasteiger partial charge in [0.15, 0.2) is 5.89 Å². The van der Waals surface area contributed by atoms with Crippen molar-refractivity contribution in [1.29, 1.82) is 0 Å². The molecule has 0 unspecified atom stereocenters. The summed E-state index contributed by atoms with van der Waals surface area (Å²) in [5.74, 6) is 6.23. The SMILES string of the molecule is Cc1nc(C)c(C(=O)NCc2cccc(C#CCN)c2)o1. The molecule has 0 saturated heterocycles. The van der Waals surface area contributed by atoms with Gasteiger partial charge in [-0.3, -0.25) is 4.79 Å². The molecule has 1 aromatic carbocycles. The van der Waals surface area contributed by atoms with Gasteiger partial charge in [0, 0.05) is 19.0 Å². The molecule has 0 bridgehead atoms. The Morgan fingerprint density at radius 3 is 2.90 bits per heavy atom. The summed E-state index contributed by atoms with van der Waals surface area (Å²) < 4.78 is 5.28. The first-order valence-corrected chi connectivity index (χ1v) is 6.60. The van der Waals surface area contributed by atoms with Crippen LogP contribution in [-0.4, -0.2) is 17.4 Å². The van der Waals surface area contributed by atoms with E-state index < -0.39 is 0 Å². The van der Waals surface area contributed by atoms with E-state index in [2.05, 4.69) is 22.1 Å². The standard InChI is InChI=1S/C16H17N3O2/c1-11-15(21-12(2)19-11)16(20)18-10-14-6-3-5-13(9-14)7-4-8-17/h3,5-6,9H,8,10,17H2,1-2H3,(H,18,20). The molecule has 5 nitrogen and oxygen atoms in total. The second-order valence-corrected chi connectivity index (χ2v) is 4.54. The van der Waals surface area contributed by atoms with E-state index in [1.54, 1.807) is 13.8 Å². The highest BCUT2D eigenvalue weighted by molar-refractivity contribution is 5.92. The van der Waals surface area contributed by atoms with Crippen molar-refractivity contribution in [2.45, 2.75) is 20.4 Å². The summed E-state index contributed by atoms with van der Waals surface area (Å²) in [7, 11) is 0. The molecule has 0 aliphatic carbocycles. The molecule has 0 saturated carbocycles. The summed E-state index contributed by atoms with van der Waals surface area (Å²) in [6.45, 7) is 4.18. The second-order valence-electron chi connectivity index (χ2n) is 4.54. The van der Waals surface area contributed by atoms with Gasteiger partial charge >= 0.3 is 0 Å². The average Bonchev–Trinajstić information content (AvgIpc) is 2.82. The maximum absolute atomic E-state index is 12.0.